The lowest BCUT2D eigenvalue weighted by Gasteiger charge is -2.48. The second-order valence-electron chi connectivity index (χ2n) is 6.75. The van der Waals surface area contributed by atoms with Crippen LogP contribution < -0.4 is 0 Å². The lowest BCUT2D eigenvalue weighted by atomic mass is 9.87. The van der Waals surface area contributed by atoms with Crippen molar-refractivity contribution in [3.05, 3.63) is 0 Å². The fraction of sp³-hybridized carbons (Fsp3) is 0.867. The number of carbonyl (C=O) groups is 2. The van der Waals surface area contributed by atoms with Crippen molar-refractivity contribution in [3.8, 4) is 0 Å². The highest BCUT2D eigenvalue weighted by atomic mass is 32.2. The van der Waals surface area contributed by atoms with Crippen LogP contribution in [0.4, 0.5) is 0 Å². The van der Waals surface area contributed by atoms with Gasteiger partial charge in [-0.1, -0.05) is 6.92 Å². The molecule has 0 saturated carbocycles. The highest BCUT2D eigenvalue weighted by Gasteiger charge is 2.44. The Morgan fingerprint density at radius 2 is 1.96 bits per heavy atom. The molecule has 1 atom stereocenters. The minimum atomic E-state index is -3.28. The van der Waals surface area contributed by atoms with E-state index in [9.17, 15) is 18.0 Å². The maximum absolute atomic E-state index is 12.4. The van der Waals surface area contributed by atoms with Crippen molar-refractivity contribution in [2.75, 3.05) is 45.5 Å². The molecule has 2 heterocycles. The Balaban J connectivity index is 2.17. The first kappa shape index (κ1) is 19.1. The molecule has 24 heavy (non-hydrogen) atoms. The first-order valence-corrected chi connectivity index (χ1v) is 10.00. The summed E-state index contributed by atoms with van der Waals surface area (Å²) in [5.41, 5.74) is -0.401. The van der Waals surface area contributed by atoms with Crippen LogP contribution in [0.2, 0.25) is 0 Å². The standard InChI is InChI=1S/C15H27N3O5S/c1-3-10-24(22,23)18-9-8-16(2)15(12-18)5-4-13(19)17(7-6-15)11-14(20)21/h3-12H2,1-2H3,(H,20,21)/t15-/m1/s1. The third-order valence-corrected chi connectivity index (χ3v) is 7.17. The maximum Gasteiger partial charge on any atom is 0.323 e. The number of hydrogen-bond donors (Lipinski definition) is 1. The zero-order valence-corrected chi connectivity index (χ0v) is 15.2. The molecule has 0 bridgehead atoms. The number of aliphatic carboxylic acids is 1. The highest BCUT2D eigenvalue weighted by molar-refractivity contribution is 7.89. The van der Waals surface area contributed by atoms with Crippen molar-refractivity contribution in [2.45, 2.75) is 38.1 Å². The summed E-state index contributed by atoms with van der Waals surface area (Å²) in [4.78, 5) is 26.6. The fourth-order valence-electron chi connectivity index (χ4n) is 3.61. The van der Waals surface area contributed by atoms with Gasteiger partial charge in [0.25, 0.3) is 0 Å². The Labute approximate surface area is 143 Å². The minimum Gasteiger partial charge on any atom is -0.480 e. The average molecular weight is 361 g/mol. The van der Waals surface area contributed by atoms with Crippen molar-refractivity contribution < 1.29 is 23.1 Å². The maximum atomic E-state index is 12.4. The van der Waals surface area contributed by atoms with Gasteiger partial charge in [-0.3, -0.25) is 14.5 Å². The lowest BCUT2D eigenvalue weighted by Crippen LogP contribution is -2.62. The third kappa shape index (κ3) is 4.07. The summed E-state index contributed by atoms with van der Waals surface area (Å²) in [7, 11) is -1.32. The van der Waals surface area contributed by atoms with Crippen LogP contribution in [0.3, 0.4) is 0 Å². The van der Waals surface area contributed by atoms with Gasteiger partial charge in [-0.15, -0.1) is 0 Å². The molecule has 2 rings (SSSR count). The van der Waals surface area contributed by atoms with E-state index < -0.39 is 21.5 Å². The van der Waals surface area contributed by atoms with Gasteiger partial charge in [0, 0.05) is 38.1 Å². The van der Waals surface area contributed by atoms with Crippen LogP contribution in [0.5, 0.6) is 0 Å². The Morgan fingerprint density at radius 3 is 2.58 bits per heavy atom. The molecule has 0 aliphatic carbocycles. The molecule has 0 aromatic heterocycles. The number of carbonyl (C=O) groups excluding carboxylic acids is 1. The van der Waals surface area contributed by atoms with Crippen LogP contribution in [-0.2, 0) is 19.6 Å². The molecule has 1 amide bonds. The van der Waals surface area contributed by atoms with Crippen LogP contribution in [0.1, 0.15) is 32.6 Å². The molecule has 0 aromatic carbocycles. The van der Waals surface area contributed by atoms with Crippen LogP contribution >= 0.6 is 0 Å². The summed E-state index contributed by atoms with van der Waals surface area (Å²) in [5, 5.41) is 8.95. The molecule has 138 valence electrons. The number of nitrogens with zero attached hydrogens (tertiary/aromatic N) is 3. The van der Waals surface area contributed by atoms with Crippen LogP contribution in [-0.4, -0.2) is 90.6 Å². The number of carboxylic acid groups (broad SMARTS) is 1. The topological polar surface area (TPSA) is 98.2 Å². The van der Waals surface area contributed by atoms with Gasteiger partial charge in [0.1, 0.15) is 6.54 Å². The van der Waals surface area contributed by atoms with Crippen molar-refractivity contribution in [3.63, 3.8) is 0 Å². The van der Waals surface area contributed by atoms with E-state index in [1.54, 1.807) is 4.31 Å². The van der Waals surface area contributed by atoms with E-state index in [4.69, 9.17) is 5.11 Å². The molecular weight excluding hydrogens is 334 g/mol. The number of rotatable bonds is 5. The molecule has 2 saturated heterocycles. The molecular formula is C15H27N3O5S. The third-order valence-electron chi connectivity index (χ3n) is 5.15. The molecule has 1 N–H and O–H groups in total. The Morgan fingerprint density at radius 1 is 1.25 bits per heavy atom. The van der Waals surface area contributed by atoms with E-state index in [1.807, 2.05) is 14.0 Å². The highest BCUT2D eigenvalue weighted by Crippen LogP contribution is 2.33. The number of amides is 1. The van der Waals surface area contributed by atoms with E-state index in [2.05, 4.69) is 4.90 Å². The van der Waals surface area contributed by atoms with Crippen molar-refractivity contribution in [1.29, 1.82) is 0 Å². The molecule has 0 unspecified atom stereocenters. The molecule has 2 aliphatic heterocycles. The number of hydrogen-bond acceptors (Lipinski definition) is 5. The van der Waals surface area contributed by atoms with E-state index in [0.29, 0.717) is 45.4 Å². The van der Waals surface area contributed by atoms with Gasteiger partial charge in [-0.25, -0.2) is 8.42 Å². The molecule has 0 radical (unpaired) electrons. The number of piperazine rings is 1. The summed E-state index contributed by atoms with van der Waals surface area (Å²) >= 11 is 0. The van der Waals surface area contributed by atoms with Crippen molar-refractivity contribution >= 4 is 21.9 Å². The number of likely N-dealkylation sites (tertiary alicyclic amines) is 1. The molecule has 2 aliphatic rings. The molecule has 9 heteroatoms. The zero-order valence-electron chi connectivity index (χ0n) is 14.4. The van der Waals surface area contributed by atoms with Crippen LogP contribution in [0, 0.1) is 0 Å². The predicted molar refractivity (Wildman–Crippen MR) is 89.1 cm³/mol. The van der Waals surface area contributed by atoms with Gasteiger partial charge in [0.05, 0.1) is 5.75 Å². The van der Waals surface area contributed by atoms with E-state index >= 15 is 0 Å². The molecule has 1 spiro atoms. The molecule has 0 aromatic rings. The quantitative estimate of drug-likeness (QED) is 0.729. The van der Waals surface area contributed by atoms with Gasteiger partial charge in [-0.2, -0.15) is 4.31 Å². The molecule has 2 fully saturated rings. The SMILES string of the molecule is CCCS(=O)(=O)N1CCN(C)[C@@]2(CCC(=O)N(CC(=O)O)CC2)C1. The minimum absolute atomic E-state index is 0.136. The van der Waals surface area contributed by atoms with Gasteiger partial charge >= 0.3 is 5.97 Å². The van der Waals surface area contributed by atoms with Gasteiger partial charge < -0.3 is 10.0 Å². The van der Waals surface area contributed by atoms with Crippen molar-refractivity contribution in [1.82, 2.24) is 14.1 Å². The van der Waals surface area contributed by atoms with Crippen LogP contribution in [0.25, 0.3) is 0 Å². The number of sulfonamides is 1. The van der Waals surface area contributed by atoms with Gasteiger partial charge in [-0.05, 0) is 26.3 Å². The van der Waals surface area contributed by atoms with Gasteiger partial charge in [0.2, 0.25) is 15.9 Å². The second-order valence-corrected chi connectivity index (χ2v) is 8.84. The Bertz CT molecular complexity index is 594. The first-order valence-electron chi connectivity index (χ1n) is 8.39. The summed E-state index contributed by atoms with van der Waals surface area (Å²) in [6.07, 6.45) is 1.96. The van der Waals surface area contributed by atoms with Crippen LogP contribution in [0.15, 0.2) is 0 Å². The Kier molecular flexibility index (Phi) is 5.87. The first-order chi connectivity index (χ1) is 11.2. The summed E-state index contributed by atoms with van der Waals surface area (Å²) in [5.74, 6) is -1.06. The summed E-state index contributed by atoms with van der Waals surface area (Å²) < 4.78 is 26.4. The van der Waals surface area contributed by atoms with Gasteiger partial charge in [0.15, 0.2) is 0 Å². The number of carboxylic acids is 1. The average Bonchev–Trinajstić information content (AvgIpc) is 2.64. The lowest BCUT2D eigenvalue weighted by molar-refractivity contribution is -0.144. The van der Waals surface area contributed by atoms with E-state index in [-0.39, 0.29) is 24.6 Å². The van der Waals surface area contributed by atoms with E-state index in [0.717, 1.165) is 0 Å². The summed E-state index contributed by atoms with van der Waals surface area (Å²) in [6, 6.07) is 0. The number of likely N-dealkylation sites (N-methyl/N-ethyl adjacent to an activating group) is 1. The smallest absolute Gasteiger partial charge is 0.323 e. The Hall–Kier alpha value is -1.19. The molecule has 8 nitrogen and oxygen atoms in total. The predicted octanol–water partition coefficient (Wildman–Crippen LogP) is -0.190. The second kappa shape index (κ2) is 7.37. The normalized spacial score (nSPS) is 27.4. The largest absolute Gasteiger partial charge is 0.480 e. The van der Waals surface area contributed by atoms with Crippen molar-refractivity contribution in [2.24, 2.45) is 0 Å². The monoisotopic (exact) mass is 361 g/mol. The fourth-order valence-corrected chi connectivity index (χ4v) is 5.18. The summed E-state index contributed by atoms with van der Waals surface area (Å²) in [6.45, 7) is 3.36. The zero-order chi connectivity index (χ0) is 18.0. The van der Waals surface area contributed by atoms with E-state index in [1.165, 1.54) is 4.90 Å².